The quantitative estimate of drug-likeness (QED) is 0.414. The smallest absolute Gasteiger partial charge is 0.492 e. The van der Waals surface area contributed by atoms with Gasteiger partial charge in [0.25, 0.3) is 0 Å². The van der Waals surface area contributed by atoms with E-state index in [9.17, 15) is 23.1 Å². The van der Waals surface area contributed by atoms with Crippen LogP contribution in [0.15, 0.2) is 71.5 Å². The fraction of sp³-hybridized carbons (Fsp3) is 0.136. The van der Waals surface area contributed by atoms with Crippen molar-refractivity contribution in [2.75, 3.05) is 6.61 Å². The lowest BCUT2D eigenvalue weighted by Crippen LogP contribution is -2.17. The standard InChI is InChI=1S/C22H16F3NO5/c23-22(24,25)31-18-4-2-17(3-5-18)30-10-8-26-19-6-1-14(15-7-9-29-13-15)11-16(19)12-20(26)21(27)28/h1-7,9,11-13H,8,10H2,(H,27,28). The molecule has 1 N–H and O–H groups in total. The van der Waals surface area contributed by atoms with Crippen LogP contribution in [-0.2, 0) is 6.54 Å². The van der Waals surface area contributed by atoms with Crippen LogP contribution in [-0.4, -0.2) is 28.6 Å². The number of benzene rings is 2. The maximum atomic E-state index is 12.2. The van der Waals surface area contributed by atoms with Gasteiger partial charge in [0, 0.05) is 16.5 Å². The zero-order valence-corrected chi connectivity index (χ0v) is 15.9. The van der Waals surface area contributed by atoms with Crippen molar-refractivity contribution in [2.45, 2.75) is 12.9 Å². The van der Waals surface area contributed by atoms with Gasteiger partial charge in [-0.1, -0.05) is 6.07 Å². The molecule has 9 heteroatoms. The number of carboxylic acids is 1. The molecule has 0 fully saturated rings. The van der Waals surface area contributed by atoms with Gasteiger partial charge in [-0.3, -0.25) is 0 Å². The van der Waals surface area contributed by atoms with Crippen LogP contribution in [0.4, 0.5) is 13.2 Å². The number of fused-ring (bicyclic) bond motifs is 1. The number of hydrogen-bond acceptors (Lipinski definition) is 4. The van der Waals surface area contributed by atoms with Crippen LogP contribution in [0.25, 0.3) is 22.0 Å². The van der Waals surface area contributed by atoms with Gasteiger partial charge in [-0.25, -0.2) is 4.79 Å². The number of ether oxygens (including phenoxy) is 2. The van der Waals surface area contributed by atoms with Gasteiger partial charge in [-0.2, -0.15) is 0 Å². The van der Waals surface area contributed by atoms with E-state index in [-0.39, 0.29) is 24.6 Å². The van der Waals surface area contributed by atoms with E-state index in [4.69, 9.17) is 9.15 Å². The molecule has 0 atom stereocenters. The first-order chi connectivity index (χ1) is 14.8. The summed E-state index contributed by atoms with van der Waals surface area (Å²) in [6.45, 7) is 0.351. The number of hydrogen-bond donors (Lipinski definition) is 1. The molecule has 0 aliphatic carbocycles. The molecule has 0 spiro atoms. The van der Waals surface area contributed by atoms with Crippen molar-refractivity contribution in [3.05, 3.63) is 72.8 Å². The number of carboxylic acid groups (broad SMARTS) is 1. The fourth-order valence-corrected chi connectivity index (χ4v) is 3.29. The molecule has 2 aromatic heterocycles. The molecule has 2 heterocycles. The molecular weight excluding hydrogens is 415 g/mol. The van der Waals surface area contributed by atoms with Gasteiger partial charge < -0.3 is 23.6 Å². The van der Waals surface area contributed by atoms with Gasteiger partial charge in [0.2, 0.25) is 0 Å². The summed E-state index contributed by atoms with van der Waals surface area (Å²) in [6, 6.07) is 14.0. The Balaban J connectivity index is 1.50. The molecule has 0 aliphatic heterocycles. The van der Waals surface area contributed by atoms with Crippen molar-refractivity contribution >= 4 is 16.9 Å². The van der Waals surface area contributed by atoms with Crippen molar-refractivity contribution in [1.82, 2.24) is 4.57 Å². The predicted octanol–water partition coefficient (Wildman–Crippen LogP) is 5.58. The van der Waals surface area contributed by atoms with E-state index in [2.05, 4.69) is 4.74 Å². The van der Waals surface area contributed by atoms with Crippen LogP contribution in [0.3, 0.4) is 0 Å². The van der Waals surface area contributed by atoms with Crippen molar-refractivity contribution < 1.29 is 37.0 Å². The summed E-state index contributed by atoms with van der Waals surface area (Å²) in [6.07, 6.45) is -1.59. The summed E-state index contributed by atoms with van der Waals surface area (Å²) in [5.41, 5.74) is 2.61. The molecule has 0 saturated carbocycles. The Morgan fingerprint density at radius 3 is 2.39 bits per heavy atom. The molecule has 0 radical (unpaired) electrons. The summed E-state index contributed by atoms with van der Waals surface area (Å²) in [5.74, 6) is -1.09. The lowest BCUT2D eigenvalue weighted by Gasteiger charge is -2.12. The molecule has 4 aromatic rings. The number of aromatic carboxylic acids is 1. The average molecular weight is 431 g/mol. The van der Waals surface area contributed by atoms with E-state index in [1.54, 1.807) is 23.2 Å². The van der Waals surface area contributed by atoms with E-state index in [1.807, 2.05) is 24.3 Å². The van der Waals surface area contributed by atoms with Crippen molar-refractivity contribution in [2.24, 2.45) is 0 Å². The number of carbonyl (C=O) groups is 1. The third kappa shape index (κ3) is 4.66. The molecular formula is C22H16F3NO5. The van der Waals surface area contributed by atoms with E-state index in [1.165, 1.54) is 12.1 Å². The number of rotatable bonds is 7. The molecule has 31 heavy (non-hydrogen) atoms. The van der Waals surface area contributed by atoms with E-state index < -0.39 is 12.3 Å². The Morgan fingerprint density at radius 1 is 1.00 bits per heavy atom. The summed E-state index contributed by atoms with van der Waals surface area (Å²) in [7, 11) is 0. The van der Waals surface area contributed by atoms with Crippen LogP contribution in [0.2, 0.25) is 0 Å². The number of nitrogens with zero attached hydrogens (tertiary/aromatic N) is 1. The highest BCUT2D eigenvalue weighted by Gasteiger charge is 2.31. The zero-order chi connectivity index (χ0) is 22.0. The molecule has 0 amide bonds. The van der Waals surface area contributed by atoms with Gasteiger partial charge in [-0.15, -0.1) is 13.2 Å². The lowest BCUT2D eigenvalue weighted by molar-refractivity contribution is -0.274. The van der Waals surface area contributed by atoms with Crippen molar-refractivity contribution in [3.63, 3.8) is 0 Å². The molecule has 0 saturated heterocycles. The van der Waals surface area contributed by atoms with E-state index in [0.29, 0.717) is 5.75 Å². The molecule has 2 aromatic carbocycles. The Kier molecular flexibility index (Phi) is 5.33. The highest BCUT2D eigenvalue weighted by molar-refractivity contribution is 5.96. The average Bonchev–Trinajstić information content (AvgIpc) is 3.36. The minimum absolute atomic E-state index is 0.108. The number of halogens is 3. The Bertz CT molecular complexity index is 1190. The topological polar surface area (TPSA) is 73.8 Å². The van der Waals surface area contributed by atoms with Crippen LogP contribution in [0.1, 0.15) is 10.5 Å². The van der Waals surface area contributed by atoms with E-state index in [0.717, 1.165) is 34.2 Å². The number of aromatic nitrogens is 1. The third-order valence-corrected chi connectivity index (χ3v) is 4.62. The normalized spacial score (nSPS) is 11.6. The SMILES string of the molecule is O=C(O)c1cc2cc(-c3ccoc3)ccc2n1CCOc1ccc(OC(F)(F)F)cc1. The Labute approximate surface area is 174 Å². The first-order valence-corrected chi connectivity index (χ1v) is 9.18. The highest BCUT2D eigenvalue weighted by atomic mass is 19.4. The van der Waals surface area contributed by atoms with Gasteiger partial charge >= 0.3 is 12.3 Å². The van der Waals surface area contributed by atoms with Crippen LogP contribution in [0, 0.1) is 0 Å². The van der Waals surface area contributed by atoms with Crippen LogP contribution in [0.5, 0.6) is 11.5 Å². The minimum Gasteiger partial charge on any atom is -0.492 e. The minimum atomic E-state index is -4.76. The molecule has 0 unspecified atom stereocenters. The largest absolute Gasteiger partial charge is 0.573 e. The molecule has 0 aliphatic rings. The summed E-state index contributed by atoms with van der Waals surface area (Å²) >= 11 is 0. The summed E-state index contributed by atoms with van der Waals surface area (Å²) < 4.78 is 52.8. The van der Waals surface area contributed by atoms with Crippen LogP contribution < -0.4 is 9.47 Å². The molecule has 0 bridgehead atoms. The summed E-state index contributed by atoms with van der Waals surface area (Å²) in [5, 5.41) is 10.3. The van der Waals surface area contributed by atoms with E-state index >= 15 is 0 Å². The summed E-state index contributed by atoms with van der Waals surface area (Å²) in [4.78, 5) is 11.7. The fourth-order valence-electron chi connectivity index (χ4n) is 3.29. The van der Waals surface area contributed by atoms with Gasteiger partial charge in [0.1, 0.15) is 23.8 Å². The Hall–Kier alpha value is -3.88. The second-order valence-electron chi connectivity index (χ2n) is 6.64. The molecule has 6 nitrogen and oxygen atoms in total. The molecule has 160 valence electrons. The van der Waals surface area contributed by atoms with Gasteiger partial charge in [0.15, 0.2) is 0 Å². The first kappa shape index (κ1) is 20.4. The second-order valence-corrected chi connectivity index (χ2v) is 6.64. The maximum Gasteiger partial charge on any atom is 0.573 e. The van der Waals surface area contributed by atoms with Crippen LogP contribution >= 0.6 is 0 Å². The zero-order valence-electron chi connectivity index (χ0n) is 15.9. The maximum absolute atomic E-state index is 12.2. The first-order valence-electron chi connectivity index (χ1n) is 9.18. The van der Waals surface area contributed by atoms with Gasteiger partial charge in [0.05, 0.1) is 19.1 Å². The Morgan fingerprint density at radius 2 is 1.74 bits per heavy atom. The predicted molar refractivity (Wildman–Crippen MR) is 105 cm³/mol. The lowest BCUT2D eigenvalue weighted by atomic mass is 10.1. The molecule has 4 rings (SSSR count). The van der Waals surface area contributed by atoms with Crippen molar-refractivity contribution in [3.8, 4) is 22.6 Å². The van der Waals surface area contributed by atoms with Gasteiger partial charge in [-0.05, 0) is 54.1 Å². The highest BCUT2D eigenvalue weighted by Crippen LogP contribution is 2.28. The third-order valence-electron chi connectivity index (χ3n) is 4.62. The second kappa shape index (κ2) is 8.10. The number of furan rings is 1. The van der Waals surface area contributed by atoms with Crippen molar-refractivity contribution in [1.29, 1.82) is 0 Å². The monoisotopic (exact) mass is 431 g/mol. The number of alkyl halides is 3.